The number of hydrogen-bond donors (Lipinski definition) is 4. The minimum atomic E-state index is -3.95. The fraction of sp³-hybridized carbons (Fsp3) is 0.520. The summed E-state index contributed by atoms with van der Waals surface area (Å²) in [5, 5.41) is 23.1. The third-order valence-electron chi connectivity index (χ3n) is 6.61. The van der Waals surface area contributed by atoms with E-state index in [-0.39, 0.29) is 43.1 Å². The van der Waals surface area contributed by atoms with Gasteiger partial charge in [-0.25, -0.2) is 24.6 Å². The number of imidazole rings is 1. The number of nitrogens with zero attached hydrogens (tertiary/aromatic N) is 4. The topological polar surface area (TPSA) is 184 Å². The van der Waals surface area contributed by atoms with Crippen LogP contribution in [0, 0.1) is 5.41 Å². The summed E-state index contributed by atoms with van der Waals surface area (Å²) in [7, 11) is -3.95. The van der Waals surface area contributed by atoms with Crippen molar-refractivity contribution in [3.05, 3.63) is 48.5 Å². The molecule has 1 saturated heterocycles. The molecule has 5 atom stereocenters. The highest BCUT2D eigenvalue weighted by Gasteiger charge is 2.54. The smallest absolute Gasteiger partial charge is 0.395 e. The lowest BCUT2D eigenvalue weighted by Crippen LogP contribution is -2.40. The minimum Gasteiger partial charge on any atom is -0.395 e. The van der Waals surface area contributed by atoms with Crippen LogP contribution in [0.25, 0.3) is 11.2 Å². The number of carbonyl (C=O) groups excluding carboxylic acids is 1. The highest BCUT2D eigenvalue weighted by molar-refractivity contribution is 8.13. The van der Waals surface area contributed by atoms with Crippen molar-refractivity contribution in [2.45, 2.75) is 50.6 Å². The molecule has 0 radical (unpaired) electrons. The maximum Gasteiger partial charge on any atom is 0.405 e. The Morgan fingerprint density at radius 1 is 1.29 bits per heavy atom. The van der Waals surface area contributed by atoms with Crippen molar-refractivity contribution in [3.8, 4) is 0 Å². The summed E-state index contributed by atoms with van der Waals surface area (Å²) in [4.78, 5) is 23.4. The molecular formula is C25H34ClN6O7PS. The number of rotatable bonds is 13. The van der Waals surface area contributed by atoms with Crippen LogP contribution in [-0.2, 0) is 29.7 Å². The quantitative estimate of drug-likeness (QED) is 0.123. The summed E-state index contributed by atoms with van der Waals surface area (Å²) in [5.74, 6) is 0.372. The van der Waals surface area contributed by atoms with Gasteiger partial charge < -0.3 is 20.7 Å². The van der Waals surface area contributed by atoms with Crippen molar-refractivity contribution in [2.24, 2.45) is 5.41 Å². The van der Waals surface area contributed by atoms with E-state index in [1.807, 2.05) is 30.3 Å². The molecule has 1 unspecified atom stereocenters. The van der Waals surface area contributed by atoms with E-state index in [0.29, 0.717) is 11.2 Å². The second-order valence-electron chi connectivity index (χ2n) is 10.3. The molecule has 1 aliphatic heterocycles. The highest BCUT2D eigenvalue weighted by Crippen LogP contribution is 2.48. The Morgan fingerprint density at radius 3 is 2.73 bits per heavy atom. The van der Waals surface area contributed by atoms with Crippen LogP contribution in [0.2, 0.25) is 0 Å². The molecule has 2 aromatic heterocycles. The molecule has 1 aliphatic rings. The number of aliphatic hydroxyl groups excluding tert-OH is 2. The summed E-state index contributed by atoms with van der Waals surface area (Å²) >= 11 is 7.73. The summed E-state index contributed by atoms with van der Waals surface area (Å²) < 4.78 is 32.7. The second kappa shape index (κ2) is 13.0. The zero-order chi connectivity index (χ0) is 29.8. The molecule has 5 N–H and O–H groups in total. The maximum atomic E-state index is 13.7. The first-order valence-electron chi connectivity index (χ1n) is 12.8. The maximum absolute atomic E-state index is 13.7. The Morgan fingerprint density at radius 2 is 2.02 bits per heavy atom. The van der Waals surface area contributed by atoms with Gasteiger partial charge in [-0.15, -0.1) is 11.6 Å². The van der Waals surface area contributed by atoms with E-state index in [9.17, 15) is 19.6 Å². The average Bonchev–Trinajstić information content (AvgIpc) is 3.48. The third kappa shape index (κ3) is 7.27. The zero-order valence-electron chi connectivity index (χ0n) is 22.8. The highest BCUT2D eigenvalue weighted by atomic mass is 35.5. The molecule has 41 heavy (non-hydrogen) atoms. The van der Waals surface area contributed by atoms with Gasteiger partial charge >= 0.3 is 7.75 Å². The zero-order valence-corrected chi connectivity index (χ0v) is 25.3. The lowest BCUT2D eigenvalue weighted by Gasteiger charge is -2.26. The van der Waals surface area contributed by atoms with Gasteiger partial charge in [0.25, 0.3) is 0 Å². The monoisotopic (exact) mass is 628 g/mol. The minimum absolute atomic E-state index is 0.0803. The number of ether oxygens (including phenoxy) is 1. The summed E-state index contributed by atoms with van der Waals surface area (Å²) in [6.07, 6.45) is -0.403. The van der Waals surface area contributed by atoms with Crippen molar-refractivity contribution in [3.63, 3.8) is 0 Å². The number of nitrogen functional groups attached to an aromatic ring is 1. The van der Waals surface area contributed by atoms with E-state index in [0.717, 1.165) is 17.3 Å². The van der Waals surface area contributed by atoms with Crippen molar-refractivity contribution in [1.82, 2.24) is 24.6 Å². The molecule has 3 aromatic rings. The molecule has 16 heteroatoms. The molecule has 13 nitrogen and oxygen atoms in total. The molecule has 0 saturated carbocycles. The molecule has 1 aromatic carbocycles. The molecule has 224 valence electrons. The standard InChI is InChI=1S/C25H34ClN6O7PS/c1-24(2,13-33)23(35)41-10-9-37-40(36,31-11-16-7-5-4-6-8-16)38-12-17-19(34)25(3,26)22(39-17)32-15-30-18-20(27)28-14-29-21(18)32/h4-8,14-15,17,19,22,33-34H,9-13H2,1-3H3,(H,31,36)(H2,27,28,29)/t17-,19-,22-,25-,40?/m1/s1. The number of halogens is 1. The van der Waals surface area contributed by atoms with Gasteiger partial charge in [-0.2, -0.15) is 0 Å². The molecule has 1 fully saturated rings. The lowest BCUT2D eigenvalue weighted by atomic mass is 9.97. The number of benzene rings is 1. The van der Waals surface area contributed by atoms with E-state index in [1.54, 1.807) is 25.3 Å². The number of nitrogens with one attached hydrogen (secondary N) is 1. The number of fused-ring (bicyclic) bond motifs is 1. The Balaban J connectivity index is 1.44. The van der Waals surface area contributed by atoms with Gasteiger partial charge in [0.2, 0.25) is 0 Å². The molecule has 3 heterocycles. The van der Waals surface area contributed by atoms with E-state index in [1.165, 1.54) is 12.7 Å². The first-order valence-corrected chi connectivity index (χ1v) is 15.7. The van der Waals surface area contributed by atoms with Crippen LogP contribution in [-0.4, -0.2) is 77.5 Å². The van der Waals surface area contributed by atoms with E-state index in [4.69, 9.17) is 31.1 Å². The lowest BCUT2D eigenvalue weighted by molar-refractivity contribution is -0.119. The Bertz CT molecular complexity index is 1400. The molecule has 0 spiro atoms. The molecular weight excluding hydrogens is 595 g/mol. The Hall–Kier alpha value is -2.13. The largest absolute Gasteiger partial charge is 0.405 e. The third-order valence-corrected chi connectivity index (χ3v) is 9.76. The number of anilines is 1. The van der Waals surface area contributed by atoms with E-state index >= 15 is 0 Å². The number of hydrogen-bond acceptors (Lipinski definition) is 12. The molecule has 0 bridgehead atoms. The van der Waals surface area contributed by atoms with Gasteiger partial charge in [0.05, 0.1) is 31.6 Å². The predicted octanol–water partition coefficient (Wildman–Crippen LogP) is 2.87. The van der Waals surface area contributed by atoms with Crippen LogP contribution in [0.1, 0.15) is 32.6 Å². The number of alkyl halides is 1. The first kappa shape index (κ1) is 31.8. The SMILES string of the molecule is CC(C)(CO)C(=O)SCCOP(=O)(NCc1ccccc1)OC[C@H]1O[C@@H](n2cnc3c(N)ncnc32)[C@](C)(Cl)[C@@H]1O. The van der Waals surface area contributed by atoms with Crippen molar-refractivity contribution in [2.75, 3.05) is 31.3 Å². The van der Waals surface area contributed by atoms with Gasteiger partial charge in [-0.3, -0.25) is 18.4 Å². The summed E-state index contributed by atoms with van der Waals surface area (Å²) in [6, 6.07) is 9.25. The van der Waals surface area contributed by atoms with Crippen LogP contribution >= 0.6 is 31.1 Å². The summed E-state index contributed by atoms with van der Waals surface area (Å²) in [5.41, 5.74) is 6.57. The van der Waals surface area contributed by atoms with E-state index < -0.39 is 36.5 Å². The fourth-order valence-corrected chi connectivity index (χ4v) is 6.56. The van der Waals surface area contributed by atoms with Gasteiger partial charge in [0, 0.05) is 12.3 Å². The number of nitrogens with two attached hydrogens (primary N) is 1. The number of carbonyl (C=O) groups is 1. The average molecular weight is 629 g/mol. The van der Waals surface area contributed by atoms with Crippen LogP contribution in [0.3, 0.4) is 0 Å². The van der Waals surface area contributed by atoms with Crippen LogP contribution in [0.15, 0.2) is 43.0 Å². The van der Waals surface area contributed by atoms with Crippen molar-refractivity contribution >= 4 is 53.2 Å². The van der Waals surface area contributed by atoms with Gasteiger partial charge in [0.15, 0.2) is 22.8 Å². The van der Waals surface area contributed by atoms with Gasteiger partial charge in [-0.1, -0.05) is 42.1 Å². The van der Waals surface area contributed by atoms with Gasteiger partial charge in [-0.05, 0) is 26.3 Å². The van der Waals surface area contributed by atoms with Crippen LogP contribution in [0.4, 0.5) is 5.82 Å². The van der Waals surface area contributed by atoms with Crippen LogP contribution in [0.5, 0.6) is 0 Å². The molecule has 0 amide bonds. The predicted molar refractivity (Wildman–Crippen MR) is 155 cm³/mol. The normalized spacial score (nSPS) is 24.5. The second-order valence-corrected chi connectivity index (χ2v) is 14.0. The van der Waals surface area contributed by atoms with Crippen molar-refractivity contribution < 1.29 is 33.4 Å². The summed E-state index contributed by atoms with van der Waals surface area (Å²) in [6.45, 7) is 4.35. The van der Waals surface area contributed by atoms with E-state index in [2.05, 4.69) is 20.0 Å². The first-order chi connectivity index (χ1) is 19.4. The Labute approximate surface area is 246 Å². The fourth-order valence-electron chi connectivity index (χ4n) is 4.03. The Kier molecular flexibility index (Phi) is 10.1. The number of thioether (sulfide) groups is 1. The van der Waals surface area contributed by atoms with Crippen molar-refractivity contribution in [1.29, 1.82) is 0 Å². The van der Waals surface area contributed by atoms with Crippen LogP contribution < -0.4 is 10.8 Å². The molecule has 0 aliphatic carbocycles. The molecule has 4 rings (SSSR count). The number of aliphatic hydroxyl groups is 2. The van der Waals surface area contributed by atoms with Gasteiger partial charge in [0.1, 0.15) is 28.9 Å². The number of aromatic nitrogens is 4.